The van der Waals surface area contributed by atoms with Crippen molar-refractivity contribution in [1.82, 2.24) is 9.88 Å². The van der Waals surface area contributed by atoms with E-state index < -0.39 is 0 Å². The third-order valence-corrected chi connectivity index (χ3v) is 7.20. The molecule has 3 aromatic rings. The summed E-state index contributed by atoms with van der Waals surface area (Å²) < 4.78 is 12.1. The fourth-order valence-corrected chi connectivity index (χ4v) is 5.07. The molecule has 170 valence electrons. The smallest absolute Gasteiger partial charge is 0.253 e. The monoisotopic (exact) mass is 473 g/mol. The van der Waals surface area contributed by atoms with Crippen LogP contribution in [0.5, 0.6) is 11.5 Å². The van der Waals surface area contributed by atoms with Crippen molar-refractivity contribution >= 4 is 44.2 Å². The van der Waals surface area contributed by atoms with Crippen LogP contribution in [-0.4, -0.2) is 55.7 Å². The van der Waals surface area contributed by atoms with Gasteiger partial charge >= 0.3 is 0 Å². The first-order chi connectivity index (χ1) is 15.6. The second kappa shape index (κ2) is 10.4. The van der Waals surface area contributed by atoms with E-state index in [0.29, 0.717) is 30.3 Å². The van der Waals surface area contributed by atoms with E-state index in [1.165, 1.54) is 12.8 Å². The lowest BCUT2D eigenvalue weighted by atomic mass is 10.1. The summed E-state index contributed by atoms with van der Waals surface area (Å²) in [5.41, 5.74) is 1.48. The lowest BCUT2D eigenvalue weighted by Gasteiger charge is -2.34. The van der Waals surface area contributed by atoms with Gasteiger partial charge < -0.3 is 19.3 Å². The van der Waals surface area contributed by atoms with E-state index in [4.69, 9.17) is 26.1 Å². The maximum atomic E-state index is 12.9. The summed E-state index contributed by atoms with van der Waals surface area (Å²) >= 11 is 7.92. The summed E-state index contributed by atoms with van der Waals surface area (Å²) in [6.07, 6.45) is 3.39. The van der Waals surface area contributed by atoms with E-state index in [1.54, 1.807) is 18.4 Å². The summed E-state index contributed by atoms with van der Waals surface area (Å²) in [6.45, 7) is 5.63. The lowest BCUT2D eigenvalue weighted by Crippen LogP contribution is -2.48. The minimum absolute atomic E-state index is 0.0520. The maximum Gasteiger partial charge on any atom is 0.253 e. The van der Waals surface area contributed by atoms with Crippen molar-refractivity contribution in [3.05, 3.63) is 47.0 Å². The Morgan fingerprint density at radius 2 is 1.84 bits per heavy atom. The summed E-state index contributed by atoms with van der Waals surface area (Å²) in [7, 11) is 1.64. The number of unbranched alkanes of at least 4 members (excludes halogenated alkanes) is 2. The average molecular weight is 474 g/mol. The van der Waals surface area contributed by atoms with E-state index in [-0.39, 0.29) is 5.91 Å². The normalized spacial score (nSPS) is 14.1. The van der Waals surface area contributed by atoms with Gasteiger partial charge in [-0.15, -0.1) is 0 Å². The number of ether oxygens (including phenoxy) is 2. The number of anilines is 1. The van der Waals surface area contributed by atoms with Crippen LogP contribution in [-0.2, 0) is 0 Å². The zero-order valence-corrected chi connectivity index (χ0v) is 20.0. The van der Waals surface area contributed by atoms with E-state index in [1.807, 2.05) is 41.3 Å². The van der Waals surface area contributed by atoms with E-state index in [9.17, 15) is 4.79 Å². The predicted molar refractivity (Wildman–Crippen MR) is 131 cm³/mol. The Hall–Kier alpha value is -2.51. The van der Waals surface area contributed by atoms with E-state index in [2.05, 4.69) is 11.8 Å². The molecule has 6 nitrogen and oxygen atoms in total. The third-order valence-electron chi connectivity index (χ3n) is 5.62. The maximum absolute atomic E-state index is 12.9. The number of carbonyl (C=O) groups excluding carboxylic acids is 1. The van der Waals surface area contributed by atoms with Crippen molar-refractivity contribution in [2.24, 2.45) is 0 Å². The molecule has 2 heterocycles. The number of halogens is 1. The fraction of sp³-hybridized carbons (Fsp3) is 0.417. The van der Waals surface area contributed by atoms with Crippen LogP contribution in [0.25, 0.3) is 10.2 Å². The van der Waals surface area contributed by atoms with Gasteiger partial charge in [-0.1, -0.05) is 42.7 Å². The molecule has 4 rings (SSSR count). The highest BCUT2D eigenvalue weighted by molar-refractivity contribution is 7.22. The highest BCUT2D eigenvalue weighted by Crippen LogP contribution is 2.38. The number of carbonyl (C=O) groups is 1. The molecular formula is C24H28ClN3O3S. The van der Waals surface area contributed by atoms with Gasteiger partial charge in [0, 0.05) is 31.7 Å². The van der Waals surface area contributed by atoms with Crippen LogP contribution in [0.3, 0.4) is 0 Å². The van der Waals surface area contributed by atoms with Crippen LogP contribution in [0.2, 0.25) is 5.02 Å². The van der Waals surface area contributed by atoms with Gasteiger partial charge in [0.2, 0.25) is 0 Å². The zero-order valence-electron chi connectivity index (χ0n) is 18.5. The molecule has 0 saturated carbocycles. The standard InChI is InChI=1S/C24H28ClN3O3S/c1-3-4-5-16-31-18-8-6-17(7-9-18)23(29)27-12-14-28(15-13-27)24-26-21-20(30-2)11-10-19(25)22(21)32-24/h6-11H,3-5,12-16H2,1-2H3. The number of hydrogen-bond donors (Lipinski definition) is 0. The molecular weight excluding hydrogens is 446 g/mol. The summed E-state index contributed by atoms with van der Waals surface area (Å²) in [5.74, 6) is 1.59. The summed E-state index contributed by atoms with van der Waals surface area (Å²) in [6, 6.07) is 11.1. The fourth-order valence-electron chi connectivity index (χ4n) is 3.76. The Morgan fingerprint density at radius 1 is 1.09 bits per heavy atom. The van der Waals surface area contributed by atoms with Crippen molar-refractivity contribution in [1.29, 1.82) is 0 Å². The quantitative estimate of drug-likeness (QED) is 0.405. The SMILES string of the molecule is CCCCCOc1ccc(C(=O)N2CCN(c3nc4c(OC)ccc(Cl)c4s3)CC2)cc1. The predicted octanol–water partition coefficient (Wildman–Crippen LogP) is 5.49. The minimum Gasteiger partial charge on any atom is -0.494 e. The topological polar surface area (TPSA) is 54.9 Å². The molecule has 8 heteroatoms. The number of aromatic nitrogens is 1. The summed E-state index contributed by atoms with van der Waals surface area (Å²) in [4.78, 5) is 21.8. The molecule has 0 unspecified atom stereocenters. The molecule has 1 aromatic heterocycles. The van der Waals surface area contributed by atoms with Gasteiger partial charge in [-0.25, -0.2) is 4.98 Å². The van der Waals surface area contributed by atoms with Gasteiger partial charge in [0.25, 0.3) is 5.91 Å². The highest BCUT2D eigenvalue weighted by Gasteiger charge is 2.25. The number of fused-ring (bicyclic) bond motifs is 1. The van der Waals surface area contributed by atoms with Crippen molar-refractivity contribution < 1.29 is 14.3 Å². The van der Waals surface area contributed by atoms with Crippen LogP contribution < -0.4 is 14.4 Å². The largest absolute Gasteiger partial charge is 0.494 e. The van der Waals surface area contributed by atoms with Crippen LogP contribution >= 0.6 is 22.9 Å². The molecule has 0 radical (unpaired) electrons. The minimum atomic E-state index is 0.0520. The number of benzene rings is 2. The first kappa shape index (κ1) is 22.7. The first-order valence-electron chi connectivity index (χ1n) is 11.0. The molecule has 1 amide bonds. The number of thiazole rings is 1. The van der Waals surface area contributed by atoms with Crippen molar-refractivity contribution in [3.63, 3.8) is 0 Å². The molecule has 0 bridgehead atoms. The second-order valence-corrected chi connectivity index (χ2v) is 9.17. The Balaban J connectivity index is 1.36. The van der Waals surface area contributed by atoms with Gasteiger partial charge in [0.15, 0.2) is 5.13 Å². The van der Waals surface area contributed by atoms with Gasteiger partial charge in [0.1, 0.15) is 17.0 Å². The second-order valence-electron chi connectivity index (χ2n) is 7.78. The lowest BCUT2D eigenvalue weighted by molar-refractivity contribution is 0.0746. The molecule has 2 aromatic carbocycles. The molecule has 1 aliphatic rings. The molecule has 32 heavy (non-hydrogen) atoms. The number of nitrogens with zero attached hydrogens (tertiary/aromatic N) is 3. The zero-order chi connectivity index (χ0) is 22.5. The van der Waals surface area contributed by atoms with Crippen LogP contribution in [0.1, 0.15) is 36.5 Å². The molecule has 1 fully saturated rings. The Labute approximate surface area is 197 Å². The van der Waals surface area contributed by atoms with E-state index >= 15 is 0 Å². The number of piperazine rings is 1. The molecule has 1 saturated heterocycles. The van der Waals surface area contributed by atoms with Gasteiger partial charge in [-0.05, 0) is 42.8 Å². The molecule has 0 N–H and O–H groups in total. The Morgan fingerprint density at radius 3 is 2.53 bits per heavy atom. The average Bonchev–Trinajstić information content (AvgIpc) is 3.29. The Kier molecular flexibility index (Phi) is 7.37. The molecule has 0 atom stereocenters. The number of hydrogen-bond acceptors (Lipinski definition) is 6. The highest BCUT2D eigenvalue weighted by atomic mass is 35.5. The van der Waals surface area contributed by atoms with Gasteiger partial charge in [0.05, 0.1) is 23.4 Å². The number of methoxy groups -OCH3 is 1. The van der Waals surface area contributed by atoms with E-state index in [0.717, 1.165) is 46.4 Å². The van der Waals surface area contributed by atoms with Gasteiger partial charge in [-0.2, -0.15) is 0 Å². The van der Waals surface area contributed by atoms with Crippen molar-refractivity contribution in [2.45, 2.75) is 26.2 Å². The molecule has 1 aliphatic heterocycles. The van der Waals surface area contributed by atoms with Crippen molar-refractivity contribution in [3.8, 4) is 11.5 Å². The van der Waals surface area contributed by atoms with Crippen LogP contribution in [0.4, 0.5) is 5.13 Å². The first-order valence-corrected chi connectivity index (χ1v) is 12.2. The number of rotatable bonds is 8. The van der Waals surface area contributed by atoms with Gasteiger partial charge in [-0.3, -0.25) is 4.79 Å². The third kappa shape index (κ3) is 4.94. The molecule has 0 aliphatic carbocycles. The van der Waals surface area contributed by atoms with Crippen LogP contribution in [0, 0.1) is 0 Å². The molecule has 0 spiro atoms. The Bertz CT molecular complexity index is 1060. The van der Waals surface area contributed by atoms with Crippen molar-refractivity contribution in [2.75, 3.05) is 44.8 Å². The van der Waals surface area contributed by atoms with Crippen LogP contribution in [0.15, 0.2) is 36.4 Å². The number of amides is 1. The summed E-state index contributed by atoms with van der Waals surface area (Å²) in [5, 5.41) is 1.58.